The van der Waals surface area contributed by atoms with E-state index in [1.54, 1.807) is 19.1 Å². The Morgan fingerprint density at radius 2 is 1.77 bits per heavy atom. The number of allylic oxidation sites excluding steroid dienone is 2. The van der Waals surface area contributed by atoms with Gasteiger partial charge in [0.1, 0.15) is 22.8 Å². The number of benzene rings is 2. The lowest BCUT2D eigenvalue weighted by Gasteiger charge is -2.33. The summed E-state index contributed by atoms with van der Waals surface area (Å²) < 4.78 is 6.18. The highest BCUT2D eigenvalue weighted by Gasteiger charge is 2.38. The molecule has 1 heterocycles. The van der Waals surface area contributed by atoms with Crippen molar-refractivity contribution in [1.82, 2.24) is 0 Å². The molecule has 0 unspecified atom stereocenters. The molecule has 154 valence electrons. The highest BCUT2D eigenvalue weighted by molar-refractivity contribution is 6.30. The first-order valence-electron chi connectivity index (χ1n) is 9.96. The van der Waals surface area contributed by atoms with Crippen molar-refractivity contribution >= 4 is 17.6 Å². The highest BCUT2D eigenvalue weighted by Crippen LogP contribution is 2.45. The molecule has 2 aliphatic rings. The number of hydrogen-bond donors (Lipinski definition) is 2. The Kier molecular flexibility index (Phi) is 4.57. The van der Waals surface area contributed by atoms with E-state index in [2.05, 4.69) is 6.08 Å². The minimum Gasteiger partial charge on any atom is -0.507 e. The number of phenolic OH excluding ortho intramolecular Hbond substituents is 2. The summed E-state index contributed by atoms with van der Waals surface area (Å²) in [5, 5.41) is 21.1. The molecule has 5 nitrogen and oxygen atoms in total. The van der Waals surface area contributed by atoms with Crippen LogP contribution in [0, 0.1) is 6.92 Å². The Balaban J connectivity index is 1.80. The van der Waals surface area contributed by atoms with Gasteiger partial charge in [0.05, 0.1) is 16.7 Å². The zero-order valence-corrected chi connectivity index (χ0v) is 17.5. The zero-order chi connectivity index (χ0) is 21.8. The monoisotopic (exact) mass is 404 g/mol. The van der Waals surface area contributed by atoms with Crippen LogP contribution in [-0.2, 0) is 0 Å². The first-order chi connectivity index (χ1) is 14.1. The number of phenols is 2. The standard InChI is InChI=1S/C25H24O5/c1-13(2)6-5-8-25(4)9-7-15-19(30-25)12-17-21(23(15)28)24(29)20-16(22(17)27)10-14(3)11-18(20)26/h6-7,9-12,26,28H,5,8H2,1-4H3/t25-/m0/s1. The average Bonchev–Trinajstić information content (AvgIpc) is 2.64. The summed E-state index contributed by atoms with van der Waals surface area (Å²) >= 11 is 0. The molecule has 0 aromatic heterocycles. The van der Waals surface area contributed by atoms with Crippen molar-refractivity contribution in [3.05, 3.63) is 69.3 Å². The van der Waals surface area contributed by atoms with Crippen LogP contribution in [0.5, 0.6) is 17.2 Å². The minimum absolute atomic E-state index is 0.0689. The molecule has 1 aliphatic heterocycles. The number of ketones is 2. The highest BCUT2D eigenvalue weighted by atomic mass is 16.5. The predicted molar refractivity (Wildman–Crippen MR) is 115 cm³/mol. The third kappa shape index (κ3) is 3.11. The molecule has 2 aromatic carbocycles. The van der Waals surface area contributed by atoms with Gasteiger partial charge >= 0.3 is 0 Å². The molecular formula is C25H24O5. The molecule has 0 amide bonds. The molecule has 0 saturated carbocycles. The van der Waals surface area contributed by atoms with Crippen molar-refractivity contribution in [2.45, 2.75) is 46.1 Å². The second-order valence-corrected chi connectivity index (χ2v) is 8.49. The molecule has 1 atom stereocenters. The number of fused-ring (bicyclic) bond motifs is 3. The predicted octanol–water partition coefficient (Wildman–Crippen LogP) is 5.09. The van der Waals surface area contributed by atoms with Crippen LogP contribution in [0.25, 0.3) is 6.08 Å². The van der Waals surface area contributed by atoms with Crippen LogP contribution in [-0.4, -0.2) is 27.4 Å². The van der Waals surface area contributed by atoms with Gasteiger partial charge in [-0.1, -0.05) is 11.6 Å². The number of rotatable bonds is 3. The maximum atomic E-state index is 13.1. The smallest absolute Gasteiger partial charge is 0.201 e. The average molecular weight is 404 g/mol. The number of ether oxygens (including phenoxy) is 1. The summed E-state index contributed by atoms with van der Waals surface area (Å²) in [5.41, 5.74) is 1.75. The van der Waals surface area contributed by atoms with E-state index < -0.39 is 17.2 Å². The normalized spacial score (nSPS) is 18.9. The molecule has 1 aliphatic carbocycles. The summed E-state index contributed by atoms with van der Waals surface area (Å²) in [7, 11) is 0. The van der Waals surface area contributed by atoms with Crippen LogP contribution in [0.15, 0.2) is 35.9 Å². The van der Waals surface area contributed by atoms with Crippen molar-refractivity contribution in [2.75, 3.05) is 0 Å². The van der Waals surface area contributed by atoms with E-state index in [9.17, 15) is 19.8 Å². The molecule has 4 rings (SSSR count). The number of carbonyl (C=O) groups excluding carboxylic acids is 2. The topological polar surface area (TPSA) is 83.8 Å². The van der Waals surface area contributed by atoms with Gasteiger partial charge in [-0.2, -0.15) is 0 Å². The lowest BCUT2D eigenvalue weighted by Crippen LogP contribution is -2.32. The Hall–Kier alpha value is -3.34. The fraction of sp³-hybridized carbons (Fsp3) is 0.280. The fourth-order valence-electron chi connectivity index (χ4n) is 4.10. The molecule has 0 fully saturated rings. The number of carbonyl (C=O) groups is 2. The minimum atomic E-state index is -0.589. The fourth-order valence-corrected chi connectivity index (χ4v) is 4.10. The van der Waals surface area contributed by atoms with E-state index in [1.807, 2.05) is 26.8 Å². The second-order valence-electron chi connectivity index (χ2n) is 8.49. The molecule has 0 radical (unpaired) electrons. The van der Waals surface area contributed by atoms with Crippen LogP contribution in [0.1, 0.15) is 76.6 Å². The lowest BCUT2D eigenvalue weighted by atomic mass is 9.80. The van der Waals surface area contributed by atoms with Gasteiger partial charge in [-0.25, -0.2) is 0 Å². The van der Waals surface area contributed by atoms with Crippen LogP contribution < -0.4 is 4.74 Å². The Labute approximate surface area is 175 Å². The van der Waals surface area contributed by atoms with Crippen molar-refractivity contribution in [2.24, 2.45) is 0 Å². The zero-order valence-electron chi connectivity index (χ0n) is 17.5. The quantitative estimate of drug-likeness (QED) is 0.594. The van der Waals surface area contributed by atoms with E-state index >= 15 is 0 Å². The molecule has 30 heavy (non-hydrogen) atoms. The van der Waals surface area contributed by atoms with E-state index in [4.69, 9.17) is 4.74 Å². The first kappa shape index (κ1) is 20.0. The number of hydrogen-bond acceptors (Lipinski definition) is 5. The maximum absolute atomic E-state index is 13.1. The summed E-state index contributed by atoms with van der Waals surface area (Å²) in [6, 6.07) is 4.56. The van der Waals surface area contributed by atoms with Crippen LogP contribution >= 0.6 is 0 Å². The van der Waals surface area contributed by atoms with E-state index in [1.165, 1.54) is 17.7 Å². The summed E-state index contributed by atoms with van der Waals surface area (Å²) in [5.74, 6) is -1.17. The van der Waals surface area contributed by atoms with Crippen molar-refractivity contribution in [3.63, 3.8) is 0 Å². The molecule has 2 N–H and O–H groups in total. The van der Waals surface area contributed by atoms with Crippen molar-refractivity contribution in [3.8, 4) is 17.2 Å². The largest absolute Gasteiger partial charge is 0.507 e. The molecule has 0 bridgehead atoms. The third-order valence-corrected chi connectivity index (χ3v) is 5.65. The van der Waals surface area contributed by atoms with Gasteiger partial charge in [-0.15, -0.1) is 0 Å². The van der Waals surface area contributed by atoms with Crippen molar-refractivity contribution < 1.29 is 24.5 Å². The molecular weight excluding hydrogens is 380 g/mol. The summed E-state index contributed by atoms with van der Waals surface area (Å²) in [6.45, 7) is 7.77. The Morgan fingerprint density at radius 3 is 2.47 bits per heavy atom. The Bertz CT molecular complexity index is 1160. The van der Waals surface area contributed by atoms with Gasteiger partial charge in [-0.3, -0.25) is 9.59 Å². The van der Waals surface area contributed by atoms with Crippen LogP contribution in [0.2, 0.25) is 0 Å². The van der Waals surface area contributed by atoms with Gasteiger partial charge < -0.3 is 14.9 Å². The van der Waals surface area contributed by atoms with Gasteiger partial charge in [0.2, 0.25) is 5.78 Å². The van der Waals surface area contributed by atoms with Crippen LogP contribution in [0.4, 0.5) is 0 Å². The van der Waals surface area contributed by atoms with E-state index in [0.717, 1.165) is 12.8 Å². The number of aryl methyl sites for hydroxylation is 1. The molecule has 5 heteroatoms. The first-order valence-corrected chi connectivity index (χ1v) is 9.96. The maximum Gasteiger partial charge on any atom is 0.201 e. The van der Waals surface area contributed by atoms with Gasteiger partial charge in [-0.05, 0) is 76.5 Å². The van der Waals surface area contributed by atoms with Gasteiger partial charge in [0, 0.05) is 11.1 Å². The van der Waals surface area contributed by atoms with E-state index in [0.29, 0.717) is 16.9 Å². The van der Waals surface area contributed by atoms with Crippen LogP contribution in [0.3, 0.4) is 0 Å². The Morgan fingerprint density at radius 1 is 1.07 bits per heavy atom. The van der Waals surface area contributed by atoms with Crippen molar-refractivity contribution in [1.29, 1.82) is 0 Å². The summed E-state index contributed by atoms with van der Waals surface area (Å²) in [6.07, 6.45) is 7.30. The molecule has 0 saturated heterocycles. The SMILES string of the molecule is CC(C)=CCC[C@@]1(C)C=Cc2c(cc3c(c2O)C(=O)c2c(O)cc(C)cc2C3=O)O1. The van der Waals surface area contributed by atoms with Gasteiger partial charge in [0.15, 0.2) is 5.78 Å². The number of aromatic hydroxyl groups is 2. The van der Waals surface area contributed by atoms with E-state index in [-0.39, 0.29) is 33.8 Å². The molecule has 2 aromatic rings. The lowest BCUT2D eigenvalue weighted by molar-refractivity contribution is 0.0971. The second kappa shape index (κ2) is 6.87. The summed E-state index contributed by atoms with van der Waals surface area (Å²) in [4.78, 5) is 26.2. The molecule has 0 spiro atoms. The van der Waals surface area contributed by atoms with Gasteiger partial charge in [0.25, 0.3) is 0 Å². The third-order valence-electron chi connectivity index (χ3n) is 5.65.